The van der Waals surface area contributed by atoms with Gasteiger partial charge in [-0.2, -0.15) is 0 Å². The summed E-state index contributed by atoms with van der Waals surface area (Å²) in [5.41, 5.74) is 0.452. The van der Waals surface area contributed by atoms with E-state index in [9.17, 15) is 10.1 Å². The fourth-order valence-corrected chi connectivity index (χ4v) is 1.76. The molecule has 0 atom stereocenters. The normalized spacial score (nSPS) is 10.1. The summed E-state index contributed by atoms with van der Waals surface area (Å²) in [6.07, 6.45) is 3.17. The number of nitrogens with zero attached hydrogens (tertiary/aromatic N) is 1. The first-order valence-electron chi connectivity index (χ1n) is 6.28. The van der Waals surface area contributed by atoms with E-state index in [2.05, 4.69) is 12.2 Å². The van der Waals surface area contributed by atoms with Gasteiger partial charge in [0.15, 0.2) is 11.5 Å². The molecule has 0 heterocycles. The van der Waals surface area contributed by atoms with Gasteiger partial charge < -0.3 is 14.8 Å². The van der Waals surface area contributed by atoms with E-state index in [4.69, 9.17) is 9.47 Å². The SMILES string of the molecule is CCCCCNc1cc(OC)c(OC)cc1[N+](=O)[O-]. The maximum atomic E-state index is 11.0. The molecular weight excluding hydrogens is 248 g/mol. The molecule has 6 nitrogen and oxygen atoms in total. The van der Waals surface area contributed by atoms with Crippen molar-refractivity contribution in [1.29, 1.82) is 0 Å². The van der Waals surface area contributed by atoms with Gasteiger partial charge in [-0.15, -0.1) is 0 Å². The minimum atomic E-state index is -0.426. The third-order valence-corrected chi connectivity index (χ3v) is 2.79. The highest BCUT2D eigenvalue weighted by Gasteiger charge is 2.19. The smallest absolute Gasteiger partial charge is 0.296 e. The molecule has 0 spiro atoms. The van der Waals surface area contributed by atoms with Crippen molar-refractivity contribution in [3.63, 3.8) is 0 Å². The van der Waals surface area contributed by atoms with Crippen LogP contribution in [0.1, 0.15) is 26.2 Å². The summed E-state index contributed by atoms with van der Waals surface area (Å²) in [4.78, 5) is 10.6. The molecule has 1 aromatic rings. The van der Waals surface area contributed by atoms with Crippen molar-refractivity contribution in [3.05, 3.63) is 22.2 Å². The summed E-state index contributed by atoms with van der Waals surface area (Å²) in [6, 6.07) is 2.98. The zero-order chi connectivity index (χ0) is 14.3. The lowest BCUT2D eigenvalue weighted by molar-refractivity contribution is -0.384. The molecule has 106 valence electrons. The Kier molecular flexibility index (Phi) is 5.92. The predicted octanol–water partition coefficient (Wildman–Crippen LogP) is 3.21. The lowest BCUT2D eigenvalue weighted by atomic mass is 10.2. The largest absolute Gasteiger partial charge is 0.493 e. The second-order valence-corrected chi connectivity index (χ2v) is 4.12. The number of ether oxygens (including phenoxy) is 2. The highest BCUT2D eigenvalue weighted by Crippen LogP contribution is 2.37. The first-order valence-corrected chi connectivity index (χ1v) is 6.28. The van der Waals surface area contributed by atoms with Gasteiger partial charge in [0, 0.05) is 12.6 Å². The molecule has 0 amide bonds. The second-order valence-electron chi connectivity index (χ2n) is 4.12. The van der Waals surface area contributed by atoms with E-state index < -0.39 is 4.92 Å². The molecule has 0 bridgehead atoms. The Bertz CT molecular complexity index is 435. The van der Waals surface area contributed by atoms with Gasteiger partial charge in [-0.05, 0) is 6.42 Å². The number of unbranched alkanes of at least 4 members (excludes halogenated alkanes) is 2. The number of nitro benzene ring substituents is 1. The number of anilines is 1. The summed E-state index contributed by atoms with van der Waals surface area (Å²) in [5.74, 6) is 0.833. The van der Waals surface area contributed by atoms with Crippen molar-refractivity contribution in [2.75, 3.05) is 26.1 Å². The molecule has 0 radical (unpaired) electrons. The van der Waals surface area contributed by atoms with Crippen molar-refractivity contribution >= 4 is 11.4 Å². The Morgan fingerprint density at radius 3 is 2.37 bits per heavy atom. The van der Waals surface area contributed by atoms with Crippen LogP contribution in [-0.4, -0.2) is 25.7 Å². The molecule has 19 heavy (non-hydrogen) atoms. The standard InChI is InChI=1S/C13H20N2O4/c1-4-5-6-7-14-10-8-12(18-2)13(19-3)9-11(10)15(16)17/h8-9,14H,4-7H2,1-3H3. The number of hydrogen-bond donors (Lipinski definition) is 1. The van der Waals surface area contributed by atoms with E-state index >= 15 is 0 Å². The molecule has 1 aromatic carbocycles. The molecule has 1 rings (SSSR count). The first-order chi connectivity index (χ1) is 9.13. The monoisotopic (exact) mass is 268 g/mol. The lowest BCUT2D eigenvalue weighted by Gasteiger charge is -2.11. The first kappa shape index (κ1) is 15.1. The predicted molar refractivity (Wildman–Crippen MR) is 74.2 cm³/mol. The van der Waals surface area contributed by atoms with Crippen molar-refractivity contribution in [1.82, 2.24) is 0 Å². The van der Waals surface area contributed by atoms with Gasteiger partial charge in [-0.25, -0.2) is 0 Å². The van der Waals surface area contributed by atoms with Crippen LogP contribution in [0.5, 0.6) is 11.5 Å². The van der Waals surface area contributed by atoms with Crippen molar-refractivity contribution in [3.8, 4) is 11.5 Å². The van der Waals surface area contributed by atoms with Gasteiger partial charge in [0.25, 0.3) is 5.69 Å². The van der Waals surface area contributed by atoms with Crippen LogP contribution in [-0.2, 0) is 0 Å². The molecule has 6 heteroatoms. The molecule has 0 saturated heterocycles. The number of methoxy groups -OCH3 is 2. The zero-order valence-corrected chi connectivity index (χ0v) is 11.6. The molecule has 0 fully saturated rings. The Morgan fingerprint density at radius 2 is 1.84 bits per heavy atom. The van der Waals surface area contributed by atoms with Crippen molar-refractivity contribution in [2.45, 2.75) is 26.2 Å². The van der Waals surface area contributed by atoms with E-state index in [1.54, 1.807) is 6.07 Å². The van der Waals surface area contributed by atoms with Gasteiger partial charge in [-0.3, -0.25) is 10.1 Å². The van der Waals surface area contributed by atoms with Crippen LogP contribution in [0.3, 0.4) is 0 Å². The fraction of sp³-hybridized carbons (Fsp3) is 0.538. The maximum absolute atomic E-state index is 11.0. The van der Waals surface area contributed by atoms with Gasteiger partial charge in [0.1, 0.15) is 5.69 Å². The summed E-state index contributed by atoms with van der Waals surface area (Å²) in [7, 11) is 2.96. The Balaban J connectivity index is 2.96. The summed E-state index contributed by atoms with van der Waals surface area (Å²) < 4.78 is 10.2. The third kappa shape index (κ3) is 4.01. The van der Waals surface area contributed by atoms with E-state index in [0.717, 1.165) is 19.3 Å². The number of rotatable bonds is 8. The highest BCUT2D eigenvalue weighted by molar-refractivity contribution is 5.68. The summed E-state index contributed by atoms with van der Waals surface area (Å²) in [5, 5.41) is 14.1. The van der Waals surface area contributed by atoms with Crippen LogP contribution in [0.15, 0.2) is 12.1 Å². The summed E-state index contributed by atoms with van der Waals surface area (Å²) >= 11 is 0. The van der Waals surface area contributed by atoms with E-state index in [1.807, 2.05) is 0 Å². The van der Waals surface area contributed by atoms with Crippen LogP contribution in [0.25, 0.3) is 0 Å². The van der Waals surface area contributed by atoms with Crippen LogP contribution >= 0.6 is 0 Å². The number of nitro groups is 1. The minimum Gasteiger partial charge on any atom is -0.493 e. The number of nitrogens with one attached hydrogen (secondary N) is 1. The molecule has 0 unspecified atom stereocenters. The van der Waals surface area contributed by atoms with Gasteiger partial charge in [-0.1, -0.05) is 19.8 Å². The molecule has 0 aliphatic heterocycles. The van der Waals surface area contributed by atoms with Gasteiger partial charge >= 0.3 is 0 Å². The number of benzene rings is 1. The van der Waals surface area contributed by atoms with E-state index in [0.29, 0.717) is 23.7 Å². The summed E-state index contributed by atoms with van der Waals surface area (Å²) in [6.45, 7) is 2.81. The van der Waals surface area contributed by atoms with E-state index in [-0.39, 0.29) is 5.69 Å². The zero-order valence-electron chi connectivity index (χ0n) is 11.6. The van der Waals surface area contributed by atoms with E-state index in [1.165, 1.54) is 20.3 Å². The average Bonchev–Trinajstić information content (AvgIpc) is 2.42. The second kappa shape index (κ2) is 7.45. The van der Waals surface area contributed by atoms with Crippen molar-refractivity contribution < 1.29 is 14.4 Å². The molecule has 0 aliphatic carbocycles. The van der Waals surface area contributed by atoms with Crippen molar-refractivity contribution in [2.24, 2.45) is 0 Å². The fourth-order valence-electron chi connectivity index (χ4n) is 1.76. The van der Waals surface area contributed by atoms with Crippen LogP contribution in [0.2, 0.25) is 0 Å². The highest BCUT2D eigenvalue weighted by atomic mass is 16.6. The quantitative estimate of drug-likeness (QED) is 0.445. The molecule has 0 saturated carbocycles. The van der Waals surface area contributed by atoms with Crippen LogP contribution in [0.4, 0.5) is 11.4 Å². The van der Waals surface area contributed by atoms with Gasteiger partial charge in [0.2, 0.25) is 0 Å². The molecule has 0 aromatic heterocycles. The topological polar surface area (TPSA) is 73.6 Å². The lowest BCUT2D eigenvalue weighted by Crippen LogP contribution is -2.05. The van der Waals surface area contributed by atoms with Crippen LogP contribution < -0.4 is 14.8 Å². The Morgan fingerprint density at radius 1 is 1.21 bits per heavy atom. The maximum Gasteiger partial charge on any atom is 0.296 e. The minimum absolute atomic E-state index is 0.00542. The number of hydrogen-bond acceptors (Lipinski definition) is 5. The Labute approximate surface area is 112 Å². The molecule has 1 N–H and O–H groups in total. The van der Waals surface area contributed by atoms with Gasteiger partial charge in [0.05, 0.1) is 25.2 Å². The average molecular weight is 268 g/mol. The molecule has 0 aliphatic rings. The van der Waals surface area contributed by atoms with Crippen LogP contribution in [0, 0.1) is 10.1 Å². The Hall–Kier alpha value is -1.98. The third-order valence-electron chi connectivity index (χ3n) is 2.79. The molecular formula is C13H20N2O4.